The van der Waals surface area contributed by atoms with Crippen molar-refractivity contribution in [2.24, 2.45) is 0 Å². The topological polar surface area (TPSA) is 22.1 Å². The highest BCUT2D eigenvalue weighted by molar-refractivity contribution is 9.10. The fourth-order valence-electron chi connectivity index (χ4n) is 1.83. The fourth-order valence-corrected chi connectivity index (χ4v) is 3.25. The zero-order chi connectivity index (χ0) is 13.0. The summed E-state index contributed by atoms with van der Waals surface area (Å²) >= 11 is 5.23. The van der Waals surface area contributed by atoms with Crippen molar-refractivity contribution in [3.63, 3.8) is 0 Å². The minimum absolute atomic E-state index is 0.122. The van der Waals surface area contributed by atoms with Crippen molar-refractivity contribution in [3.05, 3.63) is 39.1 Å². The lowest BCUT2D eigenvalue weighted by atomic mass is 10.2. The van der Waals surface area contributed by atoms with Gasteiger partial charge < -0.3 is 4.74 Å². The summed E-state index contributed by atoms with van der Waals surface area (Å²) in [7, 11) is 1.75. The monoisotopic (exact) mass is 325 g/mol. The van der Waals surface area contributed by atoms with Gasteiger partial charge in [0.1, 0.15) is 11.1 Å². The first-order chi connectivity index (χ1) is 8.76. The van der Waals surface area contributed by atoms with Crippen molar-refractivity contribution in [1.82, 2.24) is 4.98 Å². The highest BCUT2D eigenvalue weighted by Gasteiger charge is 2.15. The minimum atomic E-state index is 0.122. The van der Waals surface area contributed by atoms with Crippen LogP contribution in [-0.2, 0) is 4.74 Å². The molecule has 0 aliphatic carbocycles. The van der Waals surface area contributed by atoms with Gasteiger partial charge in [-0.1, -0.05) is 47.5 Å². The van der Waals surface area contributed by atoms with E-state index in [0.717, 1.165) is 33.6 Å². The summed E-state index contributed by atoms with van der Waals surface area (Å²) in [5.74, 6) is 0. The third-order valence-electron chi connectivity index (χ3n) is 2.78. The molecule has 1 aromatic heterocycles. The zero-order valence-electron chi connectivity index (χ0n) is 10.5. The third-order valence-corrected chi connectivity index (χ3v) is 4.41. The van der Waals surface area contributed by atoms with Gasteiger partial charge in [-0.15, -0.1) is 11.3 Å². The zero-order valence-corrected chi connectivity index (χ0v) is 12.9. The second-order valence-corrected chi connectivity index (χ2v) is 5.81. The van der Waals surface area contributed by atoms with Gasteiger partial charge in [-0.3, -0.25) is 0 Å². The molecule has 1 unspecified atom stereocenters. The number of hydrogen-bond donors (Lipinski definition) is 0. The van der Waals surface area contributed by atoms with Crippen LogP contribution in [0.3, 0.4) is 0 Å². The summed E-state index contributed by atoms with van der Waals surface area (Å²) in [4.78, 5) is 4.69. The molecule has 4 heteroatoms. The molecule has 0 fully saturated rings. The van der Waals surface area contributed by atoms with E-state index in [9.17, 15) is 0 Å². The predicted octanol–water partition coefficient (Wildman–Crippen LogP) is 5.06. The highest BCUT2D eigenvalue weighted by Crippen LogP contribution is 2.32. The summed E-state index contributed by atoms with van der Waals surface area (Å²) < 4.78 is 6.57. The van der Waals surface area contributed by atoms with Crippen molar-refractivity contribution < 1.29 is 4.74 Å². The average molecular weight is 326 g/mol. The Labute approximate surface area is 120 Å². The van der Waals surface area contributed by atoms with E-state index in [4.69, 9.17) is 9.72 Å². The lowest BCUT2D eigenvalue weighted by Gasteiger charge is -2.10. The van der Waals surface area contributed by atoms with Gasteiger partial charge in [-0.2, -0.15) is 0 Å². The lowest BCUT2D eigenvalue weighted by Crippen LogP contribution is -2.00. The summed E-state index contributed by atoms with van der Waals surface area (Å²) in [6.07, 6.45) is 2.23. The van der Waals surface area contributed by atoms with Crippen LogP contribution < -0.4 is 0 Å². The lowest BCUT2D eigenvalue weighted by molar-refractivity contribution is 0.0948. The minimum Gasteiger partial charge on any atom is -0.374 e. The van der Waals surface area contributed by atoms with Crippen LogP contribution in [0.15, 0.2) is 34.1 Å². The van der Waals surface area contributed by atoms with Gasteiger partial charge in [0.25, 0.3) is 0 Å². The number of aromatic nitrogens is 1. The van der Waals surface area contributed by atoms with Crippen molar-refractivity contribution in [3.8, 4) is 11.3 Å². The van der Waals surface area contributed by atoms with E-state index in [-0.39, 0.29) is 6.10 Å². The number of rotatable bonds is 5. The Balaban J connectivity index is 2.28. The van der Waals surface area contributed by atoms with E-state index in [2.05, 4.69) is 34.3 Å². The first kappa shape index (κ1) is 13.7. The van der Waals surface area contributed by atoms with Crippen molar-refractivity contribution in [2.45, 2.75) is 25.9 Å². The summed E-state index contributed by atoms with van der Waals surface area (Å²) in [6.45, 7) is 2.16. The van der Waals surface area contributed by atoms with Gasteiger partial charge in [0.15, 0.2) is 0 Å². The molecule has 2 aromatic rings. The summed E-state index contributed by atoms with van der Waals surface area (Å²) in [5, 5.41) is 3.15. The van der Waals surface area contributed by atoms with Gasteiger partial charge >= 0.3 is 0 Å². The second kappa shape index (κ2) is 6.45. The van der Waals surface area contributed by atoms with E-state index >= 15 is 0 Å². The molecule has 1 aromatic carbocycles. The van der Waals surface area contributed by atoms with E-state index in [0.29, 0.717) is 0 Å². The van der Waals surface area contributed by atoms with Crippen LogP contribution in [0.2, 0.25) is 0 Å². The normalized spacial score (nSPS) is 12.6. The maximum Gasteiger partial charge on any atom is 0.122 e. The van der Waals surface area contributed by atoms with E-state index in [1.165, 1.54) is 0 Å². The van der Waals surface area contributed by atoms with Crippen LogP contribution >= 0.6 is 27.3 Å². The maximum atomic E-state index is 5.49. The molecule has 0 aliphatic rings. The van der Waals surface area contributed by atoms with Crippen LogP contribution in [0.25, 0.3) is 11.3 Å². The van der Waals surface area contributed by atoms with Crippen LogP contribution in [0.5, 0.6) is 0 Å². The Kier molecular flexibility index (Phi) is 4.92. The van der Waals surface area contributed by atoms with Crippen LogP contribution in [0, 0.1) is 0 Å². The molecule has 0 saturated carbocycles. The molecule has 2 rings (SSSR count). The summed E-state index contributed by atoms with van der Waals surface area (Å²) in [6, 6.07) is 8.15. The third kappa shape index (κ3) is 2.99. The SMILES string of the molecule is CCCC(OC)c1nc(-c2ccccc2Br)cs1. The molecule has 1 heterocycles. The predicted molar refractivity (Wildman–Crippen MR) is 79.9 cm³/mol. The Morgan fingerprint density at radius 2 is 2.17 bits per heavy atom. The van der Waals surface area contributed by atoms with Crippen molar-refractivity contribution in [1.29, 1.82) is 0 Å². The average Bonchev–Trinajstić information content (AvgIpc) is 2.85. The van der Waals surface area contributed by atoms with Crippen LogP contribution in [0.1, 0.15) is 30.9 Å². The first-order valence-electron chi connectivity index (χ1n) is 5.99. The molecule has 0 amide bonds. The maximum absolute atomic E-state index is 5.49. The number of halogens is 1. The molecule has 0 bridgehead atoms. The Morgan fingerprint density at radius 3 is 2.83 bits per heavy atom. The number of methoxy groups -OCH3 is 1. The van der Waals surface area contributed by atoms with Gasteiger partial charge in [0.2, 0.25) is 0 Å². The van der Waals surface area contributed by atoms with Gasteiger partial charge in [0.05, 0.1) is 5.69 Å². The first-order valence-corrected chi connectivity index (χ1v) is 7.66. The van der Waals surface area contributed by atoms with Crippen LogP contribution in [-0.4, -0.2) is 12.1 Å². The number of hydrogen-bond acceptors (Lipinski definition) is 3. The highest BCUT2D eigenvalue weighted by atomic mass is 79.9. The quantitative estimate of drug-likeness (QED) is 0.766. The Hall–Kier alpha value is -0.710. The van der Waals surface area contributed by atoms with Crippen molar-refractivity contribution >= 4 is 27.3 Å². The van der Waals surface area contributed by atoms with Crippen LogP contribution in [0.4, 0.5) is 0 Å². The van der Waals surface area contributed by atoms with Crippen molar-refractivity contribution in [2.75, 3.05) is 7.11 Å². The fraction of sp³-hybridized carbons (Fsp3) is 0.357. The standard InChI is InChI=1S/C14H16BrNOS/c1-3-6-13(17-2)14-16-12(9-18-14)10-7-4-5-8-11(10)15/h4-5,7-9,13H,3,6H2,1-2H3. The number of nitrogens with zero attached hydrogens (tertiary/aromatic N) is 1. The largest absolute Gasteiger partial charge is 0.374 e. The molecule has 0 aliphatic heterocycles. The molecule has 96 valence electrons. The molecule has 0 radical (unpaired) electrons. The number of ether oxygens (including phenoxy) is 1. The molecule has 0 N–H and O–H groups in total. The van der Waals surface area contributed by atoms with E-state index in [1.54, 1.807) is 18.4 Å². The summed E-state index contributed by atoms with van der Waals surface area (Å²) in [5.41, 5.74) is 2.15. The van der Waals surface area contributed by atoms with E-state index < -0.39 is 0 Å². The molecule has 18 heavy (non-hydrogen) atoms. The Morgan fingerprint density at radius 1 is 1.39 bits per heavy atom. The number of thiazole rings is 1. The molecule has 2 nitrogen and oxygen atoms in total. The molecular formula is C14H16BrNOS. The smallest absolute Gasteiger partial charge is 0.122 e. The molecule has 0 spiro atoms. The Bertz CT molecular complexity index is 512. The van der Waals surface area contributed by atoms with E-state index in [1.807, 2.05) is 18.2 Å². The molecule has 1 atom stereocenters. The van der Waals surface area contributed by atoms with Gasteiger partial charge in [0, 0.05) is 22.5 Å². The molecular weight excluding hydrogens is 310 g/mol. The second-order valence-electron chi connectivity index (χ2n) is 4.06. The molecule has 0 saturated heterocycles. The number of benzene rings is 1. The van der Waals surface area contributed by atoms with Gasteiger partial charge in [-0.25, -0.2) is 4.98 Å². The van der Waals surface area contributed by atoms with Gasteiger partial charge in [-0.05, 0) is 12.5 Å².